The molecule has 5 nitrogen and oxygen atoms in total. The van der Waals surface area contributed by atoms with Gasteiger partial charge < -0.3 is 15.2 Å². The maximum Gasteiger partial charge on any atom is 0.139 e. The molecule has 0 saturated heterocycles. The second-order valence-electron chi connectivity index (χ2n) is 4.99. The molecule has 2 aromatic heterocycles. The molecule has 0 spiro atoms. The number of nitrogens with one attached hydrogen (secondary N) is 2. The first-order chi connectivity index (χ1) is 9.61. The third-order valence-corrected chi connectivity index (χ3v) is 3.22. The molecule has 2 heterocycles. The lowest BCUT2D eigenvalue weighted by atomic mass is 10.1. The third kappa shape index (κ3) is 3.29. The fourth-order valence-corrected chi connectivity index (χ4v) is 2.32. The van der Waals surface area contributed by atoms with Gasteiger partial charge in [0.1, 0.15) is 5.76 Å². The van der Waals surface area contributed by atoms with Gasteiger partial charge in [0, 0.05) is 12.1 Å². The molecule has 0 saturated carbocycles. The van der Waals surface area contributed by atoms with E-state index in [0.717, 1.165) is 41.4 Å². The minimum atomic E-state index is 0.129. The van der Waals surface area contributed by atoms with E-state index >= 15 is 0 Å². The first-order valence-electron chi connectivity index (χ1n) is 7.00. The highest BCUT2D eigenvalue weighted by Gasteiger charge is 2.16. The van der Waals surface area contributed by atoms with E-state index in [4.69, 9.17) is 4.52 Å². The second-order valence-corrected chi connectivity index (χ2v) is 4.99. The van der Waals surface area contributed by atoms with Crippen LogP contribution < -0.4 is 10.6 Å². The Balaban J connectivity index is 2.09. The Labute approximate surface area is 119 Å². The molecule has 108 valence electrons. The van der Waals surface area contributed by atoms with Gasteiger partial charge in [-0.3, -0.25) is 4.98 Å². The Bertz CT molecular complexity index is 545. The standard InChI is InChI=1S/C15H22N4O/c1-5-6-17-13-7-14(9-16-8-13)18-10(2)15-11(3)19-20-12(15)4/h7-10,17-18H,5-6H2,1-4H3. The van der Waals surface area contributed by atoms with Crippen LogP contribution in [-0.2, 0) is 0 Å². The largest absolute Gasteiger partial charge is 0.384 e. The van der Waals surface area contributed by atoms with Crippen molar-refractivity contribution in [1.82, 2.24) is 10.1 Å². The Kier molecular flexibility index (Phi) is 4.61. The van der Waals surface area contributed by atoms with Crippen LogP contribution in [0.1, 0.15) is 43.3 Å². The predicted molar refractivity (Wildman–Crippen MR) is 81.0 cm³/mol. The molecule has 0 aliphatic carbocycles. The molecule has 2 rings (SSSR count). The second kappa shape index (κ2) is 6.41. The first kappa shape index (κ1) is 14.4. The SMILES string of the molecule is CCCNc1cncc(NC(C)c2c(C)noc2C)c1. The van der Waals surface area contributed by atoms with E-state index in [1.54, 1.807) is 0 Å². The summed E-state index contributed by atoms with van der Waals surface area (Å²) in [5.74, 6) is 0.857. The van der Waals surface area contributed by atoms with Gasteiger partial charge in [-0.05, 0) is 33.3 Å². The van der Waals surface area contributed by atoms with Crippen LogP contribution in [0.5, 0.6) is 0 Å². The van der Waals surface area contributed by atoms with Gasteiger partial charge in [-0.2, -0.15) is 0 Å². The maximum absolute atomic E-state index is 5.21. The quantitative estimate of drug-likeness (QED) is 0.841. The van der Waals surface area contributed by atoms with E-state index in [1.165, 1.54) is 0 Å². The van der Waals surface area contributed by atoms with Gasteiger partial charge in [0.15, 0.2) is 0 Å². The number of nitrogens with zero attached hydrogens (tertiary/aromatic N) is 2. The molecule has 0 aliphatic heterocycles. The first-order valence-corrected chi connectivity index (χ1v) is 7.00. The Hall–Kier alpha value is -2.04. The van der Waals surface area contributed by atoms with E-state index in [2.05, 4.69) is 40.7 Å². The normalized spacial score (nSPS) is 12.2. The lowest BCUT2D eigenvalue weighted by molar-refractivity contribution is 0.392. The monoisotopic (exact) mass is 274 g/mol. The van der Waals surface area contributed by atoms with E-state index in [1.807, 2.05) is 26.2 Å². The van der Waals surface area contributed by atoms with Crippen LogP contribution in [0.15, 0.2) is 23.0 Å². The summed E-state index contributed by atoms with van der Waals surface area (Å²) in [7, 11) is 0. The van der Waals surface area contributed by atoms with E-state index < -0.39 is 0 Å². The van der Waals surface area contributed by atoms with Crippen LogP contribution in [0.25, 0.3) is 0 Å². The summed E-state index contributed by atoms with van der Waals surface area (Å²) in [5.41, 5.74) is 4.05. The Morgan fingerprint density at radius 2 is 2.00 bits per heavy atom. The highest BCUT2D eigenvalue weighted by molar-refractivity contribution is 5.55. The fraction of sp³-hybridized carbons (Fsp3) is 0.467. The van der Waals surface area contributed by atoms with E-state index in [9.17, 15) is 0 Å². The van der Waals surface area contributed by atoms with Crippen molar-refractivity contribution in [2.75, 3.05) is 17.2 Å². The summed E-state index contributed by atoms with van der Waals surface area (Å²) < 4.78 is 5.21. The van der Waals surface area contributed by atoms with Crippen molar-refractivity contribution in [3.8, 4) is 0 Å². The topological polar surface area (TPSA) is 63.0 Å². The summed E-state index contributed by atoms with van der Waals surface area (Å²) >= 11 is 0. The molecule has 2 N–H and O–H groups in total. The lowest BCUT2D eigenvalue weighted by Gasteiger charge is -2.15. The Morgan fingerprint density at radius 3 is 2.65 bits per heavy atom. The van der Waals surface area contributed by atoms with Crippen LogP contribution >= 0.6 is 0 Å². The molecule has 1 atom stereocenters. The smallest absolute Gasteiger partial charge is 0.139 e. The zero-order valence-electron chi connectivity index (χ0n) is 12.5. The van der Waals surface area contributed by atoms with Crippen molar-refractivity contribution in [2.45, 2.75) is 40.2 Å². The molecule has 5 heteroatoms. The molecule has 0 bridgehead atoms. The van der Waals surface area contributed by atoms with Crippen molar-refractivity contribution in [2.24, 2.45) is 0 Å². The Morgan fingerprint density at radius 1 is 1.25 bits per heavy atom. The fourth-order valence-electron chi connectivity index (χ4n) is 2.32. The van der Waals surface area contributed by atoms with Crippen molar-refractivity contribution < 1.29 is 4.52 Å². The molecule has 2 aromatic rings. The zero-order chi connectivity index (χ0) is 14.5. The molecule has 0 radical (unpaired) electrons. The predicted octanol–water partition coefficient (Wildman–Crippen LogP) is 3.68. The molecule has 0 amide bonds. The van der Waals surface area contributed by atoms with Crippen LogP contribution in [0.2, 0.25) is 0 Å². The van der Waals surface area contributed by atoms with Crippen LogP contribution in [0.3, 0.4) is 0 Å². The lowest BCUT2D eigenvalue weighted by Crippen LogP contribution is -2.09. The highest BCUT2D eigenvalue weighted by atomic mass is 16.5. The number of rotatable bonds is 6. The molecular weight excluding hydrogens is 252 g/mol. The third-order valence-electron chi connectivity index (χ3n) is 3.22. The zero-order valence-corrected chi connectivity index (χ0v) is 12.5. The number of aryl methyl sites for hydroxylation is 2. The molecule has 0 fully saturated rings. The van der Waals surface area contributed by atoms with Gasteiger partial charge in [-0.1, -0.05) is 12.1 Å². The molecular formula is C15H22N4O. The number of hydrogen-bond donors (Lipinski definition) is 2. The van der Waals surface area contributed by atoms with Crippen LogP contribution in [0.4, 0.5) is 11.4 Å². The highest BCUT2D eigenvalue weighted by Crippen LogP contribution is 2.25. The summed E-state index contributed by atoms with van der Waals surface area (Å²) in [6.45, 7) is 9.08. The van der Waals surface area contributed by atoms with Crippen molar-refractivity contribution in [1.29, 1.82) is 0 Å². The summed E-state index contributed by atoms with van der Waals surface area (Å²) in [5, 5.41) is 10.8. The molecule has 0 aliphatic rings. The van der Waals surface area contributed by atoms with Gasteiger partial charge in [-0.15, -0.1) is 0 Å². The van der Waals surface area contributed by atoms with Crippen molar-refractivity contribution in [3.05, 3.63) is 35.5 Å². The average molecular weight is 274 g/mol. The number of anilines is 2. The molecule has 1 unspecified atom stereocenters. The number of hydrogen-bond acceptors (Lipinski definition) is 5. The van der Waals surface area contributed by atoms with Crippen LogP contribution in [-0.4, -0.2) is 16.7 Å². The minimum absolute atomic E-state index is 0.129. The maximum atomic E-state index is 5.21. The van der Waals surface area contributed by atoms with Crippen molar-refractivity contribution in [3.63, 3.8) is 0 Å². The van der Waals surface area contributed by atoms with Gasteiger partial charge >= 0.3 is 0 Å². The van der Waals surface area contributed by atoms with E-state index in [-0.39, 0.29) is 6.04 Å². The van der Waals surface area contributed by atoms with Gasteiger partial charge in [0.25, 0.3) is 0 Å². The minimum Gasteiger partial charge on any atom is -0.384 e. The van der Waals surface area contributed by atoms with Gasteiger partial charge in [0.2, 0.25) is 0 Å². The summed E-state index contributed by atoms with van der Waals surface area (Å²) in [6, 6.07) is 2.20. The number of aromatic nitrogens is 2. The average Bonchev–Trinajstić information content (AvgIpc) is 2.76. The summed E-state index contributed by atoms with van der Waals surface area (Å²) in [4.78, 5) is 4.25. The number of pyridine rings is 1. The van der Waals surface area contributed by atoms with Gasteiger partial charge in [-0.25, -0.2) is 0 Å². The molecule has 20 heavy (non-hydrogen) atoms. The van der Waals surface area contributed by atoms with E-state index in [0.29, 0.717) is 0 Å². The molecule has 0 aromatic carbocycles. The van der Waals surface area contributed by atoms with Crippen molar-refractivity contribution >= 4 is 11.4 Å². The van der Waals surface area contributed by atoms with Gasteiger partial charge in [0.05, 0.1) is 35.5 Å². The van der Waals surface area contributed by atoms with Crippen LogP contribution in [0, 0.1) is 13.8 Å². The summed E-state index contributed by atoms with van der Waals surface area (Å²) in [6.07, 6.45) is 4.75.